The van der Waals surface area contributed by atoms with Crippen molar-refractivity contribution in [2.45, 2.75) is 6.42 Å². The van der Waals surface area contributed by atoms with Gasteiger partial charge in [0.2, 0.25) is 5.91 Å². The Kier molecular flexibility index (Phi) is 6.65. The van der Waals surface area contributed by atoms with Gasteiger partial charge >= 0.3 is 0 Å². The van der Waals surface area contributed by atoms with Crippen LogP contribution in [0.1, 0.15) is 15.9 Å². The standard InChI is InChI=1S/C17H15F2IN2O2/c18-12-3-1-2-11(8-12)9-16(23)21-6-7-22-17(24)14-5-4-13(19)10-15(14)20/h1-5,8,10H,6-7,9H2,(H,21,23)(H,22,24). The van der Waals surface area contributed by atoms with E-state index in [1.165, 1.54) is 30.3 Å². The Bertz CT molecular complexity index is 753. The Morgan fingerprint density at radius 2 is 1.67 bits per heavy atom. The highest BCUT2D eigenvalue weighted by molar-refractivity contribution is 14.1. The van der Waals surface area contributed by atoms with Gasteiger partial charge in [0.1, 0.15) is 11.6 Å². The summed E-state index contributed by atoms with van der Waals surface area (Å²) in [6.45, 7) is 0.485. The number of benzene rings is 2. The van der Waals surface area contributed by atoms with Gasteiger partial charge in [-0.25, -0.2) is 8.78 Å². The van der Waals surface area contributed by atoms with E-state index in [1.54, 1.807) is 12.1 Å². The first-order valence-electron chi connectivity index (χ1n) is 7.20. The molecule has 2 N–H and O–H groups in total. The van der Waals surface area contributed by atoms with E-state index in [0.717, 1.165) is 0 Å². The molecule has 126 valence electrons. The lowest BCUT2D eigenvalue weighted by Crippen LogP contribution is -2.35. The summed E-state index contributed by atoms with van der Waals surface area (Å²) in [6.07, 6.45) is 0.0710. The second-order valence-corrected chi connectivity index (χ2v) is 6.20. The zero-order chi connectivity index (χ0) is 17.5. The van der Waals surface area contributed by atoms with Gasteiger partial charge < -0.3 is 10.6 Å². The molecule has 24 heavy (non-hydrogen) atoms. The van der Waals surface area contributed by atoms with Gasteiger partial charge in [-0.3, -0.25) is 9.59 Å². The van der Waals surface area contributed by atoms with E-state index in [2.05, 4.69) is 10.6 Å². The lowest BCUT2D eigenvalue weighted by molar-refractivity contribution is -0.120. The number of carbonyl (C=O) groups is 2. The van der Waals surface area contributed by atoms with Crippen LogP contribution in [0, 0.1) is 15.2 Å². The first-order chi connectivity index (χ1) is 11.5. The molecule has 0 saturated heterocycles. The summed E-state index contributed by atoms with van der Waals surface area (Å²) in [5, 5.41) is 5.29. The summed E-state index contributed by atoms with van der Waals surface area (Å²) in [6, 6.07) is 9.73. The van der Waals surface area contributed by atoms with Crippen molar-refractivity contribution in [1.29, 1.82) is 0 Å². The van der Waals surface area contributed by atoms with E-state index in [1.807, 2.05) is 22.6 Å². The predicted molar refractivity (Wildman–Crippen MR) is 94.6 cm³/mol. The number of halogens is 3. The maximum absolute atomic E-state index is 13.0. The van der Waals surface area contributed by atoms with Crippen LogP contribution >= 0.6 is 22.6 Å². The van der Waals surface area contributed by atoms with E-state index in [9.17, 15) is 18.4 Å². The van der Waals surface area contributed by atoms with Gasteiger partial charge in [0, 0.05) is 16.7 Å². The number of carbonyl (C=O) groups excluding carboxylic acids is 2. The molecular formula is C17H15F2IN2O2. The smallest absolute Gasteiger partial charge is 0.252 e. The normalized spacial score (nSPS) is 10.3. The van der Waals surface area contributed by atoms with Gasteiger partial charge in [-0.2, -0.15) is 0 Å². The molecule has 2 aromatic carbocycles. The lowest BCUT2D eigenvalue weighted by Gasteiger charge is -2.08. The first-order valence-corrected chi connectivity index (χ1v) is 8.28. The molecule has 0 atom stereocenters. The fourth-order valence-corrected chi connectivity index (χ4v) is 2.76. The van der Waals surface area contributed by atoms with Crippen LogP contribution in [-0.4, -0.2) is 24.9 Å². The number of rotatable bonds is 6. The molecule has 0 saturated carbocycles. The molecular weight excluding hydrogens is 429 g/mol. The quantitative estimate of drug-likeness (QED) is 0.532. The molecule has 0 radical (unpaired) electrons. The summed E-state index contributed by atoms with van der Waals surface area (Å²) in [7, 11) is 0. The third-order valence-corrected chi connectivity index (χ3v) is 4.05. The van der Waals surface area contributed by atoms with E-state index < -0.39 is 5.82 Å². The second-order valence-electron chi connectivity index (χ2n) is 5.04. The van der Waals surface area contributed by atoms with Crippen LogP contribution < -0.4 is 10.6 Å². The molecule has 2 amide bonds. The molecule has 0 aromatic heterocycles. The zero-order valence-electron chi connectivity index (χ0n) is 12.6. The molecule has 0 unspecified atom stereocenters. The minimum absolute atomic E-state index is 0.0710. The molecule has 4 nitrogen and oxygen atoms in total. The summed E-state index contributed by atoms with van der Waals surface area (Å²) in [4.78, 5) is 23.7. The molecule has 0 bridgehead atoms. The fraction of sp³-hybridized carbons (Fsp3) is 0.176. The van der Waals surface area contributed by atoms with Crippen LogP contribution in [0.5, 0.6) is 0 Å². The maximum atomic E-state index is 13.0. The molecule has 7 heteroatoms. The Labute approximate surface area is 151 Å². The number of nitrogens with one attached hydrogen (secondary N) is 2. The Balaban J connectivity index is 1.74. The van der Waals surface area contributed by atoms with Crippen LogP contribution in [0.4, 0.5) is 8.78 Å². The molecule has 0 aliphatic carbocycles. The van der Waals surface area contributed by atoms with Gasteiger partial charge in [0.25, 0.3) is 5.91 Å². The van der Waals surface area contributed by atoms with Gasteiger partial charge in [-0.05, 0) is 58.5 Å². The highest BCUT2D eigenvalue weighted by atomic mass is 127. The van der Waals surface area contributed by atoms with Crippen LogP contribution in [0.2, 0.25) is 0 Å². The van der Waals surface area contributed by atoms with Crippen LogP contribution in [0.25, 0.3) is 0 Å². The zero-order valence-corrected chi connectivity index (χ0v) is 14.8. The monoisotopic (exact) mass is 444 g/mol. The summed E-state index contributed by atoms with van der Waals surface area (Å²) in [5.41, 5.74) is 0.959. The van der Waals surface area contributed by atoms with Crippen molar-refractivity contribution < 1.29 is 18.4 Å². The highest BCUT2D eigenvalue weighted by Gasteiger charge is 2.10. The molecule has 2 rings (SSSR count). The molecule has 0 heterocycles. The maximum Gasteiger partial charge on any atom is 0.252 e. The van der Waals surface area contributed by atoms with Crippen LogP contribution in [-0.2, 0) is 11.2 Å². The predicted octanol–water partition coefficient (Wildman–Crippen LogP) is 2.66. The third-order valence-electron chi connectivity index (χ3n) is 3.16. The van der Waals surface area contributed by atoms with E-state index in [-0.39, 0.29) is 37.1 Å². The van der Waals surface area contributed by atoms with E-state index in [4.69, 9.17) is 0 Å². The van der Waals surface area contributed by atoms with E-state index >= 15 is 0 Å². The molecule has 0 aliphatic heterocycles. The summed E-state index contributed by atoms with van der Waals surface area (Å²) >= 11 is 1.89. The number of amides is 2. The van der Waals surface area contributed by atoms with Crippen molar-refractivity contribution in [2.75, 3.05) is 13.1 Å². The lowest BCUT2D eigenvalue weighted by atomic mass is 10.1. The van der Waals surface area contributed by atoms with Crippen molar-refractivity contribution in [1.82, 2.24) is 10.6 Å². The second kappa shape index (κ2) is 8.72. The van der Waals surface area contributed by atoms with Crippen molar-refractivity contribution in [3.05, 3.63) is 68.8 Å². The van der Waals surface area contributed by atoms with Crippen molar-refractivity contribution in [2.24, 2.45) is 0 Å². The van der Waals surface area contributed by atoms with Crippen molar-refractivity contribution >= 4 is 34.4 Å². The molecule has 2 aromatic rings. The first kappa shape index (κ1) is 18.3. The van der Waals surface area contributed by atoms with Crippen molar-refractivity contribution in [3.63, 3.8) is 0 Å². The Hall–Kier alpha value is -2.03. The average molecular weight is 444 g/mol. The summed E-state index contributed by atoms with van der Waals surface area (Å²) < 4.78 is 26.5. The van der Waals surface area contributed by atoms with Gasteiger partial charge in [-0.15, -0.1) is 0 Å². The van der Waals surface area contributed by atoms with Gasteiger partial charge in [0.15, 0.2) is 0 Å². The van der Waals surface area contributed by atoms with Crippen LogP contribution in [0.15, 0.2) is 42.5 Å². The highest BCUT2D eigenvalue weighted by Crippen LogP contribution is 2.13. The Morgan fingerprint density at radius 1 is 0.958 bits per heavy atom. The van der Waals surface area contributed by atoms with Gasteiger partial charge in [0.05, 0.1) is 12.0 Å². The Morgan fingerprint density at radius 3 is 2.38 bits per heavy atom. The molecule has 0 aliphatic rings. The topological polar surface area (TPSA) is 58.2 Å². The van der Waals surface area contributed by atoms with E-state index in [0.29, 0.717) is 14.7 Å². The SMILES string of the molecule is O=C(Cc1cccc(F)c1)NCCNC(=O)c1ccc(F)cc1I. The average Bonchev–Trinajstić information content (AvgIpc) is 2.51. The minimum atomic E-state index is -0.402. The minimum Gasteiger partial charge on any atom is -0.354 e. The molecule has 0 spiro atoms. The third kappa shape index (κ3) is 5.55. The number of hydrogen-bond acceptors (Lipinski definition) is 2. The number of hydrogen-bond donors (Lipinski definition) is 2. The van der Waals surface area contributed by atoms with Gasteiger partial charge in [-0.1, -0.05) is 12.1 Å². The van der Waals surface area contributed by atoms with Crippen LogP contribution in [0.3, 0.4) is 0 Å². The summed E-state index contributed by atoms with van der Waals surface area (Å²) in [5.74, 6) is -1.38. The fourth-order valence-electron chi connectivity index (χ4n) is 2.04. The van der Waals surface area contributed by atoms with Crippen molar-refractivity contribution in [3.8, 4) is 0 Å². The molecule has 0 fully saturated rings. The largest absolute Gasteiger partial charge is 0.354 e.